The number of thioether (sulfide) groups is 1. The first kappa shape index (κ1) is 20.7. The van der Waals surface area contributed by atoms with Gasteiger partial charge in [0.2, 0.25) is 0 Å². The Morgan fingerprint density at radius 3 is 2.53 bits per heavy atom. The quantitative estimate of drug-likeness (QED) is 0.575. The van der Waals surface area contributed by atoms with Gasteiger partial charge in [-0.2, -0.15) is 0 Å². The van der Waals surface area contributed by atoms with E-state index in [1.54, 1.807) is 0 Å². The second-order valence-corrected chi connectivity index (χ2v) is 10.0. The Kier molecular flexibility index (Phi) is 5.27. The van der Waals surface area contributed by atoms with Gasteiger partial charge in [-0.05, 0) is 79.8 Å². The molecule has 1 atom stereocenters. The van der Waals surface area contributed by atoms with Crippen LogP contribution in [0.15, 0.2) is 47.4 Å². The van der Waals surface area contributed by atoms with Gasteiger partial charge in [-0.15, -0.1) is 0 Å². The minimum Gasteiger partial charge on any atom is -0.369 e. The first-order valence-corrected chi connectivity index (χ1v) is 11.2. The van der Waals surface area contributed by atoms with Crippen LogP contribution in [-0.2, 0) is 11.3 Å². The van der Waals surface area contributed by atoms with E-state index in [1.165, 1.54) is 16.2 Å². The zero-order valence-electron chi connectivity index (χ0n) is 18.2. The molecule has 0 aromatic heterocycles. The maximum Gasteiger partial charge on any atom is 0.293 e. The van der Waals surface area contributed by atoms with Crippen molar-refractivity contribution < 1.29 is 9.59 Å². The molecule has 2 aromatic carbocycles. The predicted octanol–water partition coefficient (Wildman–Crippen LogP) is 5.95. The van der Waals surface area contributed by atoms with Crippen LogP contribution in [-0.4, -0.2) is 28.6 Å². The number of hydrogen-bond acceptors (Lipinski definition) is 4. The van der Waals surface area contributed by atoms with Crippen LogP contribution < -0.4 is 4.90 Å². The molecule has 30 heavy (non-hydrogen) atoms. The molecule has 2 aromatic rings. The minimum absolute atomic E-state index is 0.118. The highest BCUT2D eigenvalue weighted by atomic mass is 32.2. The standard InChI is InChI=1S/C25H28N2O2S/c1-16-6-8-18(9-7-16)15-27-23(28)22(30-24(27)29)13-19-10-11-21-20(12-19)17(2)14-25(3,4)26(21)5/h6-13,17H,14-15H2,1-5H3/b22-13-. The maximum atomic E-state index is 12.9. The lowest BCUT2D eigenvalue weighted by Gasteiger charge is -2.45. The van der Waals surface area contributed by atoms with Gasteiger partial charge in [-0.3, -0.25) is 14.5 Å². The SMILES string of the molecule is Cc1ccc(CN2C(=O)S/C(=C\c3ccc4c(c3)C(C)CC(C)(C)N4C)C2=O)cc1. The number of benzene rings is 2. The molecule has 1 unspecified atom stereocenters. The van der Waals surface area contributed by atoms with Crippen molar-refractivity contribution in [3.05, 3.63) is 69.6 Å². The Labute approximate surface area is 182 Å². The fourth-order valence-corrected chi connectivity index (χ4v) is 5.19. The van der Waals surface area contributed by atoms with E-state index in [2.05, 4.69) is 44.9 Å². The number of nitrogens with zero attached hydrogens (tertiary/aromatic N) is 2. The number of aryl methyl sites for hydroxylation is 1. The molecule has 0 N–H and O–H groups in total. The Morgan fingerprint density at radius 2 is 1.83 bits per heavy atom. The van der Waals surface area contributed by atoms with Crippen LogP contribution in [0.1, 0.15) is 55.4 Å². The Balaban J connectivity index is 1.58. The van der Waals surface area contributed by atoms with E-state index in [-0.39, 0.29) is 16.7 Å². The van der Waals surface area contributed by atoms with Gasteiger partial charge in [0.1, 0.15) is 0 Å². The number of anilines is 1. The van der Waals surface area contributed by atoms with Crippen molar-refractivity contribution in [2.24, 2.45) is 0 Å². The van der Waals surface area contributed by atoms with Crippen LogP contribution in [0.25, 0.3) is 6.08 Å². The third-order valence-electron chi connectivity index (χ3n) is 6.29. The summed E-state index contributed by atoms with van der Waals surface area (Å²) in [5, 5.41) is -0.209. The summed E-state index contributed by atoms with van der Waals surface area (Å²) < 4.78 is 0. The highest BCUT2D eigenvalue weighted by Crippen LogP contribution is 2.43. The van der Waals surface area contributed by atoms with Crippen molar-refractivity contribution in [2.45, 2.75) is 52.1 Å². The molecule has 2 heterocycles. The summed E-state index contributed by atoms with van der Waals surface area (Å²) in [6.07, 6.45) is 2.93. The molecule has 4 rings (SSSR count). The lowest BCUT2D eigenvalue weighted by Crippen LogP contribution is -2.45. The van der Waals surface area contributed by atoms with Gasteiger partial charge in [-0.1, -0.05) is 42.8 Å². The summed E-state index contributed by atoms with van der Waals surface area (Å²) in [5.74, 6) is 0.228. The van der Waals surface area contributed by atoms with E-state index in [0.717, 1.165) is 34.9 Å². The summed E-state index contributed by atoms with van der Waals surface area (Å²) in [4.78, 5) is 29.5. The van der Waals surface area contributed by atoms with Crippen LogP contribution in [0.3, 0.4) is 0 Å². The number of carbonyl (C=O) groups excluding carboxylic acids is 2. The van der Waals surface area contributed by atoms with E-state index >= 15 is 0 Å². The molecule has 156 valence electrons. The number of hydrogen-bond donors (Lipinski definition) is 0. The van der Waals surface area contributed by atoms with Crippen LogP contribution in [0.4, 0.5) is 10.5 Å². The van der Waals surface area contributed by atoms with E-state index in [9.17, 15) is 9.59 Å². The summed E-state index contributed by atoms with van der Waals surface area (Å²) in [6, 6.07) is 14.3. The fraction of sp³-hybridized carbons (Fsp3) is 0.360. The van der Waals surface area contributed by atoms with Crippen LogP contribution in [0, 0.1) is 6.92 Å². The topological polar surface area (TPSA) is 40.6 Å². The smallest absolute Gasteiger partial charge is 0.293 e. The minimum atomic E-state index is -0.213. The average molecular weight is 421 g/mol. The molecule has 0 spiro atoms. The van der Waals surface area contributed by atoms with Crippen LogP contribution in [0.5, 0.6) is 0 Å². The molecule has 4 nitrogen and oxygen atoms in total. The van der Waals surface area contributed by atoms with E-state index in [4.69, 9.17) is 0 Å². The first-order valence-electron chi connectivity index (χ1n) is 10.3. The van der Waals surface area contributed by atoms with Crippen molar-refractivity contribution in [1.29, 1.82) is 0 Å². The first-order chi connectivity index (χ1) is 14.2. The molecular formula is C25H28N2O2S. The van der Waals surface area contributed by atoms with Gasteiger partial charge in [0.15, 0.2) is 0 Å². The van der Waals surface area contributed by atoms with Gasteiger partial charge >= 0.3 is 0 Å². The highest BCUT2D eigenvalue weighted by Gasteiger charge is 2.36. The summed E-state index contributed by atoms with van der Waals surface area (Å²) in [6.45, 7) is 9.12. The van der Waals surface area contributed by atoms with Gasteiger partial charge in [0.05, 0.1) is 11.4 Å². The molecule has 2 aliphatic heterocycles. The van der Waals surface area contributed by atoms with Crippen molar-refractivity contribution >= 4 is 34.7 Å². The number of carbonyl (C=O) groups is 2. The second-order valence-electron chi connectivity index (χ2n) is 9.05. The lowest BCUT2D eigenvalue weighted by atomic mass is 9.80. The number of amides is 2. The Bertz CT molecular complexity index is 1040. The van der Waals surface area contributed by atoms with Gasteiger partial charge in [0.25, 0.3) is 11.1 Å². The van der Waals surface area contributed by atoms with E-state index < -0.39 is 0 Å². The van der Waals surface area contributed by atoms with E-state index in [0.29, 0.717) is 17.4 Å². The Hall–Kier alpha value is -2.53. The third kappa shape index (κ3) is 3.79. The van der Waals surface area contributed by atoms with Crippen LogP contribution >= 0.6 is 11.8 Å². The molecule has 5 heteroatoms. The molecule has 2 aliphatic rings. The number of fused-ring (bicyclic) bond motifs is 1. The molecule has 1 saturated heterocycles. The number of imide groups is 1. The monoisotopic (exact) mass is 420 g/mol. The van der Waals surface area contributed by atoms with Crippen molar-refractivity contribution in [1.82, 2.24) is 4.90 Å². The summed E-state index contributed by atoms with van der Waals surface area (Å²) >= 11 is 1.03. The summed E-state index contributed by atoms with van der Waals surface area (Å²) in [7, 11) is 2.14. The van der Waals surface area contributed by atoms with Crippen molar-refractivity contribution in [2.75, 3.05) is 11.9 Å². The van der Waals surface area contributed by atoms with Crippen molar-refractivity contribution in [3.8, 4) is 0 Å². The number of rotatable bonds is 3. The molecular weight excluding hydrogens is 392 g/mol. The Morgan fingerprint density at radius 1 is 1.13 bits per heavy atom. The lowest BCUT2D eigenvalue weighted by molar-refractivity contribution is -0.123. The van der Waals surface area contributed by atoms with Gasteiger partial charge in [0, 0.05) is 18.3 Å². The van der Waals surface area contributed by atoms with Gasteiger partial charge < -0.3 is 4.90 Å². The molecule has 0 aliphatic carbocycles. The third-order valence-corrected chi connectivity index (χ3v) is 7.20. The highest BCUT2D eigenvalue weighted by molar-refractivity contribution is 8.18. The van der Waals surface area contributed by atoms with Gasteiger partial charge in [-0.25, -0.2) is 0 Å². The molecule has 2 amide bonds. The zero-order valence-corrected chi connectivity index (χ0v) is 19.0. The zero-order chi connectivity index (χ0) is 21.6. The average Bonchev–Trinajstić information content (AvgIpc) is 2.95. The second kappa shape index (κ2) is 7.62. The van der Waals surface area contributed by atoms with Crippen molar-refractivity contribution in [3.63, 3.8) is 0 Å². The van der Waals surface area contributed by atoms with Crippen LogP contribution in [0.2, 0.25) is 0 Å². The van der Waals surface area contributed by atoms with E-state index in [1.807, 2.05) is 43.3 Å². The fourth-order valence-electron chi connectivity index (χ4n) is 4.35. The normalized spacial score (nSPS) is 22.0. The maximum absolute atomic E-state index is 12.9. The molecule has 1 fully saturated rings. The molecule has 0 radical (unpaired) electrons. The molecule has 0 saturated carbocycles. The summed E-state index contributed by atoms with van der Waals surface area (Å²) in [5.41, 5.74) is 5.73. The molecule has 0 bridgehead atoms. The largest absolute Gasteiger partial charge is 0.369 e. The predicted molar refractivity (Wildman–Crippen MR) is 125 cm³/mol.